The number of terminal acetylenes is 1. The highest BCUT2D eigenvalue weighted by molar-refractivity contribution is 9.10. The molecule has 0 aliphatic carbocycles. The number of carbonyl (C=O) groups excluding carboxylic acids is 1. The van der Waals surface area contributed by atoms with Gasteiger partial charge in [-0.3, -0.25) is 4.79 Å². The number of fused-ring (bicyclic) bond motifs is 1. The quantitative estimate of drug-likeness (QED) is 0.737. The van der Waals surface area contributed by atoms with Gasteiger partial charge in [0.15, 0.2) is 0 Å². The molecule has 0 aromatic heterocycles. The van der Waals surface area contributed by atoms with Crippen LogP contribution >= 0.6 is 15.9 Å². The van der Waals surface area contributed by atoms with Crippen LogP contribution in [-0.2, 0) is 4.79 Å². The van der Waals surface area contributed by atoms with Crippen molar-refractivity contribution < 1.29 is 4.79 Å². The summed E-state index contributed by atoms with van der Waals surface area (Å²) >= 11 is 3.54. The van der Waals surface area contributed by atoms with Gasteiger partial charge in [-0.15, -0.1) is 12.3 Å². The summed E-state index contributed by atoms with van der Waals surface area (Å²) in [4.78, 5) is 13.9. The molecule has 3 heteroatoms. The van der Waals surface area contributed by atoms with Crippen LogP contribution in [0.5, 0.6) is 0 Å². The summed E-state index contributed by atoms with van der Waals surface area (Å²) in [7, 11) is 0. The van der Waals surface area contributed by atoms with E-state index in [1.165, 1.54) is 0 Å². The lowest BCUT2D eigenvalue weighted by Crippen LogP contribution is -2.24. The Bertz CT molecular complexity index is 701. The summed E-state index contributed by atoms with van der Waals surface area (Å²) in [5.74, 6) is 2.81. The summed E-state index contributed by atoms with van der Waals surface area (Å²) in [6.45, 7) is 0.612. The molecule has 0 radical (unpaired) electrons. The van der Waals surface area contributed by atoms with E-state index in [2.05, 4.69) is 21.9 Å². The second-order valence-corrected chi connectivity index (χ2v) is 5.54. The maximum absolute atomic E-state index is 12.1. The van der Waals surface area contributed by atoms with Gasteiger partial charge in [-0.05, 0) is 17.5 Å². The standard InChI is InChI=1S/C16H12BrNO/c1-2-11-9-16(19)18(10-11)15-8-7-14(17)12-5-3-4-6-13(12)15/h1,3-8,11H,9-10H2. The molecule has 2 aromatic rings. The second-order valence-electron chi connectivity index (χ2n) is 4.68. The number of amides is 1. The van der Waals surface area contributed by atoms with Gasteiger partial charge in [-0.1, -0.05) is 40.2 Å². The molecular weight excluding hydrogens is 302 g/mol. The fourth-order valence-corrected chi connectivity index (χ4v) is 3.01. The lowest BCUT2D eigenvalue weighted by Gasteiger charge is -2.19. The van der Waals surface area contributed by atoms with Crippen molar-refractivity contribution >= 4 is 38.3 Å². The average molecular weight is 314 g/mol. The highest BCUT2D eigenvalue weighted by Gasteiger charge is 2.30. The van der Waals surface area contributed by atoms with Gasteiger partial charge in [-0.25, -0.2) is 0 Å². The third kappa shape index (κ3) is 2.02. The monoisotopic (exact) mass is 313 g/mol. The molecular formula is C16H12BrNO. The topological polar surface area (TPSA) is 20.3 Å². The van der Waals surface area contributed by atoms with Crippen LogP contribution in [0.3, 0.4) is 0 Å². The van der Waals surface area contributed by atoms with E-state index in [1.807, 2.05) is 36.4 Å². The van der Waals surface area contributed by atoms with E-state index in [0.717, 1.165) is 20.9 Å². The third-order valence-corrected chi connectivity index (χ3v) is 4.19. The maximum atomic E-state index is 12.1. The number of hydrogen-bond donors (Lipinski definition) is 0. The fourth-order valence-electron chi connectivity index (χ4n) is 2.53. The van der Waals surface area contributed by atoms with E-state index >= 15 is 0 Å². The Kier molecular flexibility index (Phi) is 3.04. The highest BCUT2D eigenvalue weighted by Crippen LogP contribution is 2.35. The van der Waals surface area contributed by atoms with Crippen LogP contribution in [0.25, 0.3) is 10.8 Å². The Morgan fingerprint density at radius 2 is 1.95 bits per heavy atom. The third-order valence-electron chi connectivity index (χ3n) is 3.50. The predicted octanol–water partition coefficient (Wildman–Crippen LogP) is 3.59. The molecule has 1 saturated heterocycles. The molecule has 0 N–H and O–H groups in total. The molecule has 1 heterocycles. The summed E-state index contributed by atoms with van der Waals surface area (Å²) in [6, 6.07) is 12.0. The molecule has 2 nitrogen and oxygen atoms in total. The lowest BCUT2D eigenvalue weighted by molar-refractivity contribution is -0.117. The van der Waals surface area contributed by atoms with E-state index in [1.54, 1.807) is 4.90 Å². The van der Waals surface area contributed by atoms with E-state index < -0.39 is 0 Å². The summed E-state index contributed by atoms with van der Waals surface area (Å²) in [5, 5.41) is 2.18. The minimum Gasteiger partial charge on any atom is -0.311 e. The fraction of sp³-hybridized carbons (Fsp3) is 0.188. The van der Waals surface area contributed by atoms with Crippen LogP contribution in [0.15, 0.2) is 40.9 Å². The molecule has 1 amide bonds. The van der Waals surface area contributed by atoms with Gasteiger partial charge in [0.05, 0.1) is 5.69 Å². The zero-order chi connectivity index (χ0) is 13.4. The number of hydrogen-bond acceptors (Lipinski definition) is 1. The second kappa shape index (κ2) is 4.71. The molecule has 0 spiro atoms. The molecule has 19 heavy (non-hydrogen) atoms. The first-order chi connectivity index (χ1) is 9.20. The van der Waals surface area contributed by atoms with Gasteiger partial charge in [0.25, 0.3) is 0 Å². The molecule has 2 aromatic carbocycles. The van der Waals surface area contributed by atoms with E-state index in [-0.39, 0.29) is 11.8 Å². The van der Waals surface area contributed by atoms with Crippen molar-refractivity contribution in [2.75, 3.05) is 11.4 Å². The minimum atomic E-state index is 0.0231. The summed E-state index contributed by atoms with van der Waals surface area (Å²) < 4.78 is 1.03. The first kappa shape index (κ1) is 12.3. The SMILES string of the molecule is C#CC1CC(=O)N(c2ccc(Br)c3ccccc23)C1. The predicted molar refractivity (Wildman–Crippen MR) is 80.9 cm³/mol. The minimum absolute atomic E-state index is 0.0231. The van der Waals surface area contributed by atoms with Crippen molar-refractivity contribution in [3.05, 3.63) is 40.9 Å². The average Bonchev–Trinajstić information content (AvgIpc) is 2.81. The first-order valence-corrected chi connectivity index (χ1v) is 6.93. The van der Waals surface area contributed by atoms with Gasteiger partial charge >= 0.3 is 0 Å². The van der Waals surface area contributed by atoms with E-state index in [9.17, 15) is 4.79 Å². The van der Waals surface area contributed by atoms with Gasteiger partial charge in [0.2, 0.25) is 5.91 Å². The van der Waals surface area contributed by atoms with Crippen LogP contribution in [0.1, 0.15) is 6.42 Å². The Labute approximate surface area is 120 Å². The van der Waals surface area contributed by atoms with Crippen LogP contribution in [0.4, 0.5) is 5.69 Å². The van der Waals surface area contributed by atoms with E-state index in [0.29, 0.717) is 13.0 Å². The zero-order valence-electron chi connectivity index (χ0n) is 10.3. The largest absolute Gasteiger partial charge is 0.311 e. The van der Waals surface area contributed by atoms with E-state index in [4.69, 9.17) is 6.42 Å². The number of nitrogens with zero attached hydrogens (tertiary/aromatic N) is 1. The summed E-state index contributed by atoms with van der Waals surface area (Å²) in [6.07, 6.45) is 5.88. The molecule has 1 aliphatic rings. The Balaban J connectivity index is 2.14. The smallest absolute Gasteiger partial charge is 0.228 e. The normalized spacial score (nSPS) is 18.8. The molecule has 1 atom stereocenters. The number of anilines is 1. The first-order valence-electron chi connectivity index (χ1n) is 6.14. The number of rotatable bonds is 1. The van der Waals surface area contributed by atoms with Gasteiger partial charge in [-0.2, -0.15) is 0 Å². The molecule has 1 aliphatic heterocycles. The van der Waals surface area contributed by atoms with Crippen molar-refractivity contribution in [2.45, 2.75) is 6.42 Å². The van der Waals surface area contributed by atoms with Crippen molar-refractivity contribution in [3.63, 3.8) is 0 Å². The maximum Gasteiger partial charge on any atom is 0.228 e. The van der Waals surface area contributed by atoms with Crippen molar-refractivity contribution in [1.29, 1.82) is 0 Å². The molecule has 3 rings (SSSR count). The number of carbonyl (C=O) groups is 1. The summed E-state index contributed by atoms with van der Waals surface area (Å²) in [5.41, 5.74) is 0.946. The molecule has 1 fully saturated rings. The lowest BCUT2D eigenvalue weighted by atomic mass is 10.1. The molecule has 0 bridgehead atoms. The Hall–Kier alpha value is -1.79. The molecule has 1 unspecified atom stereocenters. The van der Waals surface area contributed by atoms with Crippen LogP contribution in [-0.4, -0.2) is 12.5 Å². The Morgan fingerprint density at radius 3 is 2.63 bits per heavy atom. The zero-order valence-corrected chi connectivity index (χ0v) is 11.9. The highest BCUT2D eigenvalue weighted by atomic mass is 79.9. The van der Waals surface area contributed by atoms with Crippen molar-refractivity contribution in [1.82, 2.24) is 0 Å². The van der Waals surface area contributed by atoms with Crippen LogP contribution in [0, 0.1) is 18.3 Å². The number of halogens is 1. The van der Waals surface area contributed by atoms with Crippen LogP contribution in [0.2, 0.25) is 0 Å². The van der Waals surface area contributed by atoms with Crippen molar-refractivity contribution in [2.24, 2.45) is 5.92 Å². The van der Waals surface area contributed by atoms with Gasteiger partial charge in [0.1, 0.15) is 0 Å². The number of benzene rings is 2. The van der Waals surface area contributed by atoms with Crippen molar-refractivity contribution in [3.8, 4) is 12.3 Å². The Morgan fingerprint density at radius 1 is 1.21 bits per heavy atom. The van der Waals surface area contributed by atoms with Gasteiger partial charge in [0, 0.05) is 28.7 Å². The van der Waals surface area contributed by atoms with Crippen LogP contribution < -0.4 is 4.90 Å². The molecule has 94 valence electrons. The van der Waals surface area contributed by atoms with Gasteiger partial charge < -0.3 is 4.90 Å². The molecule has 0 saturated carbocycles.